The van der Waals surface area contributed by atoms with Crippen molar-refractivity contribution in [2.45, 2.75) is 52.4 Å². The third kappa shape index (κ3) is 7.12. The maximum Gasteiger partial charge on any atom is 0.177 e. The second-order valence-corrected chi connectivity index (χ2v) is 8.62. The minimum atomic E-state index is -0.212. The van der Waals surface area contributed by atoms with Crippen LogP contribution in [0.2, 0.25) is 0 Å². The van der Waals surface area contributed by atoms with Gasteiger partial charge in [0.1, 0.15) is 6.07 Å². The molecule has 0 N–H and O–H groups in total. The number of nitrogens with zero attached hydrogens (tertiary/aromatic N) is 1. The number of benzene rings is 3. The van der Waals surface area contributed by atoms with Gasteiger partial charge in [0.05, 0.1) is 5.57 Å². The lowest BCUT2D eigenvalue weighted by Crippen LogP contribution is -2.06. The highest BCUT2D eigenvalue weighted by molar-refractivity contribution is 6.04. The third-order valence-corrected chi connectivity index (χ3v) is 5.82. The number of aryl methyl sites for hydroxylation is 2. The third-order valence-electron chi connectivity index (χ3n) is 5.82. The topological polar surface area (TPSA) is 57.9 Å². The zero-order valence-electron chi connectivity index (χ0n) is 20.0. The first-order valence-corrected chi connectivity index (χ1v) is 12.0. The standard InChI is InChI=1S/C31H31NO2/c1-3-5-23-7-9-25(10-8-23)19-29(22-32)31(34)21-27-13-11-26(12-14-27)20-30(33)28-17-15-24(6-4-2)16-18-28/h7-19H,3-6,20-21H2,1-2H3. The molecule has 3 heteroatoms. The van der Waals surface area contributed by atoms with Gasteiger partial charge >= 0.3 is 0 Å². The van der Waals surface area contributed by atoms with E-state index >= 15 is 0 Å². The van der Waals surface area contributed by atoms with E-state index in [2.05, 4.69) is 13.8 Å². The molecule has 0 aliphatic carbocycles. The van der Waals surface area contributed by atoms with Crippen molar-refractivity contribution in [1.29, 1.82) is 5.26 Å². The first-order valence-electron chi connectivity index (χ1n) is 12.0. The SMILES string of the molecule is CCCc1ccc(C=C(C#N)C(=O)Cc2ccc(CC(=O)c3ccc(CCC)cc3)cc2)cc1. The number of allylic oxidation sites excluding steroid dienone is 1. The fourth-order valence-electron chi connectivity index (χ4n) is 3.90. The van der Waals surface area contributed by atoms with Crippen molar-refractivity contribution < 1.29 is 9.59 Å². The zero-order valence-corrected chi connectivity index (χ0v) is 20.0. The van der Waals surface area contributed by atoms with Crippen molar-refractivity contribution in [3.8, 4) is 6.07 Å². The predicted molar refractivity (Wildman–Crippen MR) is 138 cm³/mol. The van der Waals surface area contributed by atoms with Gasteiger partial charge in [-0.2, -0.15) is 5.26 Å². The molecule has 0 fully saturated rings. The van der Waals surface area contributed by atoms with Crippen LogP contribution >= 0.6 is 0 Å². The average Bonchev–Trinajstić information content (AvgIpc) is 2.85. The van der Waals surface area contributed by atoms with E-state index in [9.17, 15) is 14.9 Å². The number of hydrogen-bond acceptors (Lipinski definition) is 3. The summed E-state index contributed by atoms with van der Waals surface area (Å²) in [4.78, 5) is 25.3. The molecule has 0 radical (unpaired) electrons. The maximum atomic E-state index is 12.7. The number of carbonyl (C=O) groups excluding carboxylic acids is 2. The van der Waals surface area contributed by atoms with Crippen molar-refractivity contribution >= 4 is 17.6 Å². The van der Waals surface area contributed by atoms with Crippen LogP contribution in [-0.4, -0.2) is 11.6 Å². The molecule has 0 heterocycles. The summed E-state index contributed by atoms with van der Waals surface area (Å²) in [6.45, 7) is 4.27. The lowest BCUT2D eigenvalue weighted by atomic mass is 9.98. The monoisotopic (exact) mass is 449 g/mol. The summed E-state index contributed by atoms with van der Waals surface area (Å²) < 4.78 is 0. The van der Waals surface area contributed by atoms with Gasteiger partial charge in [-0.05, 0) is 46.7 Å². The Morgan fingerprint density at radius 1 is 0.706 bits per heavy atom. The van der Waals surface area contributed by atoms with Crippen LogP contribution in [0.25, 0.3) is 6.08 Å². The van der Waals surface area contributed by atoms with Crippen LogP contribution in [0.3, 0.4) is 0 Å². The largest absolute Gasteiger partial charge is 0.294 e. The number of nitriles is 1. The van der Waals surface area contributed by atoms with E-state index < -0.39 is 0 Å². The van der Waals surface area contributed by atoms with Gasteiger partial charge in [-0.3, -0.25) is 9.59 Å². The van der Waals surface area contributed by atoms with Crippen molar-refractivity contribution in [3.63, 3.8) is 0 Å². The second-order valence-electron chi connectivity index (χ2n) is 8.62. The number of ketones is 2. The van der Waals surface area contributed by atoms with Gasteiger partial charge in [0.2, 0.25) is 0 Å². The quantitative estimate of drug-likeness (QED) is 0.185. The molecule has 0 atom stereocenters. The predicted octanol–water partition coefficient (Wildman–Crippen LogP) is 6.74. The zero-order chi connectivity index (χ0) is 24.3. The summed E-state index contributed by atoms with van der Waals surface area (Å²) in [5.74, 6) is -0.136. The van der Waals surface area contributed by atoms with E-state index in [1.165, 1.54) is 11.1 Å². The van der Waals surface area contributed by atoms with Gasteiger partial charge in [-0.1, -0.05) is 99.5 Å². The number of carbonyl (C=O) groups is 2. The molecule has 0 aliphatic heterocycles. The molecule has 0 aromatic heterocycles. The first-order chi connectivity index (χ1) is 16.5. The molecule has 3 nitrogen and oxygen atoms in total. The summed E-state index contributed by atoms with van der Waals surface area (Å²) in [6.07, 6.45) is 6.32. The van der Waals surface area contributed by atoms with Crippen LogP contribution in [0.4, 0.5) is 0 Å². The first kappa shape index (κ1) is 24.9. The number of Topliss-reactive ketones (excluding diaryl/α,β-unsaturated/α-hetero) is 2. The Morgan fingerprint density at radius 3 is 1.68 bits per heavy atom. The summed E-state index contributed by atoms with van der Waals surface area (Å²) in [5, 5.41) is 9.50. The molecular formula is C31H31NO2. The second kappa shape index (κ2) is 12.5. The van der Waals surface area contributed by atoms with E-state index in [0.29, 0.717) is 12.0 Å². The maximum absolute atomic E-state index is 12.7. The average molecular weight is 450 g/mol. The van der Waals surface area contributed by atoms with Crippen molar-refractivity contribution in [3.05, 3.63) is 112 Å². The van der Waals surface area contributed by atoms with Gasteiger partial charge in [0.15, 0.2) is 11.6 Å². The Morgan fingerprint density at radius 2 is 1.18 bits per heavy atom. The highest BCUT2D eigenvalue weighted by atomic mass is 16.1. The van der Waals surface area contributed by atoms with Gasteiger partial charge in [0, 0.05) is 18.4 Å². The molecule has 0 aliphatic rings. The normalized spacial score (nSPS) is 11.1. The lowest BCUT2D eigenvalue weighted by Gasteiger charge is -2.06. The van der Waals surface area contributed by atoms with E-state index in [1.807, 2.05) is 78.9 Å². The molecule has 0 amide bonds. The fraction of sp³-hybridized carbons (Fsp3) is 0.258. The van der Waals surface area contributed by atoms with Crippen molar-refractivity contribution in [2.24, 2.45) is 0 Å². The molecule has 0 unspecified atom stereocenters. The molecule has 3 rings (SSSR count). The number of rotatable bonds is 11. The summed E-state index contributed by atoms with van der Waals surface area (Å²) in [6, 6.07) is 25.3. The van der Waals surface area contributed by atoms with E-state index in [1.54, 1.807) is 6.08 Å². The van der Waals surface area contributed by atoms with Crippen LogP contribution in [0.5, 0.6) is 0 Å². The van der Waals surface area contributed by atoms with Crippen LogP contribution in [0.1, 0.15) is 64.9 Å². The molecule has 0 saturated heterocycles. The van der Waals surface area contributed by atoms with Gasteiger partial charge < -0.3 is 0 Å². The molecule has 172 valence electrons. The Kier molecular flexibility index (Phi) is 9.12. The van der Waals surface area contributed by atoms with E-state index in [4.69, 9.17) is 0 Å². The smallest absolute Gasteiger partial charge is 0.177 e. The highest BCUT2D eigenvalue weighted by Gasteiger charge is 2.12. The molecule has 3 aromatic carbocycles. The van der Waals surface area contributed by atoms with Gasteiger partial charge in [-0.25, -0.2) is 0 Å². The Balaban J connectivity index is 1.60. The van der Waals surface area contributed by atoms with Crippen LogP contribution < -0.4 is 0 Å². The Hall–Kier alpha value is -3.77. The van der Waals surface area contributed by atoms with Crippen molar-refractivity contribution in [2.75, 3.05) is 0 Å². The van der Waals surface area contributed by atoms with E-state index in [0.717, 1.165) is 42.4 Å². The highest BCUT2D eigenvalue weighted by Crippen LogP contribution is 2.15. The lowest BCUT2D eigenvalue weighted by molar-refractivity contribution is -0.114. The number of hydrogen-bond donors (Lipinski definition) is 0. The van der Waals surface area contributed by atoms with Gasteiger partial charge in [-0.15, -0.1) is 0 Å². The minimum absolute atomic E-state index is 0.0755. The van der Waals surface area contributed by atoms with Crippen LogP contribution in [0.15, 0.2) is 78.4 Å². The molecular weight excluding hydrogens is 418 g/mol. The van der Waals surface area contributed by atoms with Crippen molar-refractivity contribution in [1.82, 2.24) is 0 Å². The van der Waals surface area contributed by atoms with E-state index in [-0.39, 0.29) is 23.6 Å². The molecule has 3 aromatic rings. The van der Waals surface area contributed by atoms with Gasteiger partial charge in [0.25, 0.3) is 0 Å². The molecule has 34 heavy (non-hydrogen) atoms. The minimum Gasteiger partial charge on any atom is -0.294 e. The summed E-state index contributed by atoms with van der Waals surface area (Å²) in [5.41, 5.74) is 5.93. The molecule has 0 saturated carbocycles. The van der Waals surface area contributed by atoms with Crippen LogP contribution in [-0.2, 0) is 30.5 Å². The fourth-order valence-corrected chi connectivity index (χ4v) is 3.90. The molecule has 0 spiro atoms. The summed E-state index contributed by atoms with van der Waals surface area (Å²) in [7, 11) is 0. The Bertz CT molecular complexity index is 1180. The van der Waals surface area contributed by atoms with Crippen LogP contribution in [0, 0.1) is 11.3 Å². The molecule has 0 bridgehead atoms. The Labute approximate surface area is 202 Å². The summed E-state index contributed by atoms with van der Waals surface area (Å²) >= 11 is 0.